The highest BCUT2D eigenvalue weighted by Crippen LogP contribution is 2.23. The monoisotopic (exact) mass is 406 g/mol. The van der Waals surface area contributed by atoms with Gasteiger partial charge in [-0.25, -0.2) is 9.80 Å². The fraction of sp³-hybridized carbons (Fsp3) is 0.273. The van der Waals surface area contributed by atoms with Crippen molar-refractivity contribution < 1.29 is 0 Å². The standard InChI is InChI=1S/C22H30N8/c1-6-19(23)26-22(29(20(24)27(2)3)17-13-9-7-10-14-17)30(21(25)28(4)5)18-15-11-8-12-16-18/h7-16,23-25H,6H2,1-5H3. The predicted molar refractivity (Wildman–Crippen MR) is 126 cm³/mol. The van der Waals surface area contributed by atoms with Crippen LogP contribution in [-0.4, -0.2) is 61.7 Å². The number of benzene rings is 2. The topological polar surface area (TPSA) is 96.9 Å². The van der Waals surface area contributed by atoms with Crippen LogP contribution in [0.25, 0.3) is 0 Å². The maximum absolute atomic E-state index is 8.76. The molecule has 0 heterocycles. The first-order valence-corrected chi connectivity index (χ1v) is 9.66. The number of amidine groups is 1. The van der Waals surface area contributed by atoms with Gasteiger partial charge in [0.15, 0.2) is 0 Å². The Kier molecular flexibility index (Phi) is 7.69. The molecule has 3 N–H and O–H groups in total. The molecule has 0 atom stereocenters. The fourth-order valence-corrected chi connectivity index (χ4v) is 2.62. The molecule has 0 saturated carbocycles. The lowest BCUT2D eigenvalue weighted by atomic mass is 10.2. The number of hydrogen-bond acceptors (Lipinski definition) is 3. The summed E-state index contributed by atoms with van der Waals surface area (Å²) in [6.45, 7) is 1.86. The van der Waals surface area contributed by atoms with Crippen molar-refractivity contribution in [3.63, 3.8) is 0 Å². The summed E-state index contributed by atoms with van der Waals surface area (Å²) in [5.41, 5.74) is 1.43. The summed E-state index contributed by atoms with van der Waals surface area (Å²) in [6.07, 6.45) is 0.430. The van der Waals surface area contributed by atoms with E-state index in [1.165, 1.54) is 0 Å². The molecule has 2 rings (SSSR count). The van der Waals surface area contributed by atoms with Crippen LogP contribution in [-0.2, 0) is 0 Å². The van der Waals surface area contributed by atoms with Crippen LogP contribution in [0.5, 0.6) is 0 Å². The number of nitrogens with zero attached hydrogens (tertiary/aromatic N) is 5. The second-order valence-electron chi connectivity index (χ2n) is 6.99. The lowest BCUT2D eigenvalue weighted by molar-refractivity contribution is 0.602. The van der Waals surface area contributed by atoms with Crippen molar-refractivity contribution in [2.75, 3.05) is 38.0 Å². The minimum atomic E-state index is 0.157. The summed E-state index contributed by atoms with van der Waals surface area (Å²) >= 11 is 0. The van der Waals surface area contributed by atoms with Crippen molar-refractivity contribution >= 4 is 35.1 Å². The minimum absolute atomic E-state index is 0.157. The van der Waals surface area contributed by atoms with Crippen LogP contribution in [0.3, 0.4) is 0 Å². The molecule has 0 fully saturated rings. The average Bonchev–Trinajstić information content (AvgIpc) is 2.75. The van der Waals surface area contributed by atoms with Gasteiger partial charge in [-0.05, 0) is 24.3 Å². The molecular weight excluding hydrogens is 376 g/mol. The van der Waals surface area contributed by atoms with Crippen LogP contribution in [0.15, 0.2) is 65.7 Å². The predicted octanol–water partition coefficient (Wildman–Crippen LogP) is 3.74. The highest BCUT2D eigenvalue weighted by molar-refractivity contribution is 6.30. The van der Waals surface area contributed by atoms with E-state index >= 15 is 0 Å². The lowest BCUT2D eigenvalue weighted by Gasteiger charge is -2.37. The molecule has 0 aliphatic carbocycles. The zero-order chi connectivity index (χ0) is 22.3. The molecule has 0 spiro atoms. The zero-order valence-corrected chi connectivity index (χ0v) is 18.2. The Hall–Kier alpha value is -3.68. The molecule has 0 saturated heterocycles. The van der Waals surface area contributed by atoms with Crippen LogP contribution >= 0.6 is 0 Å². The summed E-state index contributed by atoms with van der Waals surface area (Å²) in [5.74, 6) is 0.773. The summed E-state index contributed by atoms with van der Waals surface area (Å²) in [6, 6.07) is 18.9. The molecule has 0 unspecified atom stereocenters. The van der Waals surface area contributed by atoms with Gasteiger partial charge in [0.2, 0.25) is 17.9 Å². The molecule has 0 aromatic heterocycles. The van der Waals surface area contributed by atoms with E-state index in [4.69, 9.17) is 16.2 Å². The second kappa shape index (κ2) is 10.2. The highest BCUT2D eigenvalue weighted by atomic mass is 15.5. The third kappa shape index (κ3) is 5.22. The van der Waals surface area contributed by atoms with E-state index < -0.39 is 0 Å². The largest absolute Gasteiger partial charge is 0.348 e. The van der Waals surface area contributed by atoms with Gasteiger partial charge >= 0.3 is 0 Å². The fourth-order valence-electron chi connectivity index (χ4n) is 2.62. The number of guanidine groups is 3. The van der Waals surface area contributed by atoms with Crippen LogP contribution < -0.4 is 9.80 Å². The Bertz CT molecular complexity index is 838. The first-order valence-electron chi connectivity index (χ1n) is 9.66. The number of rotatable bonds is 3. The van der Waals surface area contributed by atoms with E-state index in [9.17, 15) is 0 Å². The third-order valence-corrected chi connectivity index (χ3v) is 4.27. The normalized spacial score (nSPS) is 10.0. The average molecular weight is 407 g/mol. The second-order valence-corrected chi connectivity index (χ2v) is 6.99. The van der Waals surface area contributed by atoms with E-state index in [2.05, 4.69) is 4.99 Å². The van der Waals surface area contributed by atoms with Crippen molar-refractivity contribution in [1.29, 1.82) is 16.2 Å². The van der Waals surface area contributed by atoms with Crippen molar-refractivity contribution in [3.05, 3.63) is 60.7 Å². The van der Waals surface area contributed by atoms with Gasteiger partial charge in [-0.2, -0.15) is 4.99 Å². The molecule has 8 heteroatoms. The molecule has 0 aliphatic rings. The Balaban J connectivity index is 2.80. The van der Waals surface area contributed by atoms with Gasteiger partial charge in [0.25, 0.3) is 0 Å². The first-order chi connectivity index (χ1) is 14.3. The highest BCUT2D eigenvalue weighted by Gasteiger charge is 2.30. The van der Waals surface area contributed by atoms with E-state index in [1.807, 2.05) is 67.6 Å². The SMILES string of the molecule is CCC(=N)N=C(N(C(=N)N(C)C)c1ccccc1)N(C(=N)N(C)C)c1ccccc1. The molecular formula is C22H30N8. The summed E-state index contributed by atoms with van der Waals surface area (Å²) < 4.78 is 0. The van der Waals surface area contributed by atoms with Gasteiger partial charge in [0, 0.05) is 34.6 Å². The van der Waals surface area contributed by atoms with Crippen LogP contribution in [0.2, 0.25) is 0 Å². The number of hydrogen-bond donors (Lipinski definition) is 3. The van der Waals surface area contributed by atoms with E-state index in [-0.39, 0.29) is 23.7 Å². The van der Waals surface area contributed by atoms with E-state index in [0.717, 1.165) is 0 Å². The quantitative estimate of drug-likeness (QED) is 0.534. The molecule has 30 heavy (non-hydrogen) atoms. The van der Waals surface area contributed by atoms with Gasteiger partial charge in [0.1, 0.15) is 5.84 Å². The number of para-hydroxylation sites is 2. The van der Waals surface area contributed by atoms with Crippen molar-refractivity contribution in [1.82, 2.24) is 9.80 Å². The summed E-state index contributed by atoms with van der Waals surface area (Å²) in [5, 5.41) is 25.8. The van der Waals surface area contributed by atoms with Gasteiger partial charge in [0.05, 0.1) is 11.4 Å². The van der Waals surface area contributed by atoms with Crippen molar-refractivity contribution in [2.45, 2.75) is 13.3 Å². The Morgan fingerprint density at radius 1 is 0.700 bits per heavy atom. The number of aliphatic imine (C=N–C) groups is 1. The van der Waals surface area contributed by atoms with Crippen molar-refractivity contribution in [3.8, 4) is 0 Å². The van der Waals surface area contributed by atoms with E-state index in [1.54, 1.807) is 47.8 Å². The maximum atomic E-state index is 8.76. The van der Waals surface area contributed by atoms with Crippen LogP contribution in [0.4, 0.5) is 11.4 Å². The molecule has 0 amide bonds. The third-order valence-electron chi connectivity index (χ3n) is 4.27. The molecule has 0 radical (unpaired) electrons. The van der Waals surface area contributed by atoms with Crippen LogP contribution in [0, 0.1) is 16.2 Å². The van der Waals surface area contributed by atoms with Crippen LogP contribution in [0.1, 0.15) is 13.3 Å². The number of nitrogens with one attached hydrogen (secondary N) is 3. The summed E-state index contributed by atoms with van der Waals surface area (Å²) in [4.78, 5) is 11.2. The lowest BCUT2D eigenvalue weighted by Crippen LogP contribution is -2.56. The van der Waals surface area contributed by atoms with E-state index in [0.29, 0.717) is 17.8 Å². The molecule has 8 nitrogen and oxygen atoms in total. The smallest absolute Gasteiger partial charge is 0.226 e. The molecule has 158 valence electrons. The first kappa shape index (κ1) is 22.6. The molecule has 2 aromatic carbocycles. The Labute approximate surface area is 178 Å². The zero-order valence-electron chi connectivity index (χ0n) is 18.2. The van der Waals surface area contributed by atoms with Gasteiger partial charge in [-0.3, -0.25) is 16.2 Å². The Morgan fingerprint density at radius 2 is 1.07 bits per heavy atom. The molecule has 2 aromatic rings. The van der Waals surface area contributed by atoms with Gasteiger partial charge in [-0.1, -0.05) is 43.3 Å². The molecule has 0 aliphatic heterocycles. The van der Waals surface area contributed by atoms with Gasteiger partial charge in [-0.15, -0.1) is 0 Å². The number of anilines is 2. The van der Waals surface area contributed by atoms with Crippen molar-refractivity contribution in [2.24, 2.45) is 4.99 Å². The minimum Gasteiger partial charge on any atom is -0.348 e. The molecule has 0 bridgehead atoms. The maximum Gasteiger partial charge on any atom is 0.226 e. The summed E-state index contributed by atoms with van der Waals surface area (Å²) in [7, 11) is 7.13. The van der Waals surface area contributed by atoms with Gasteiger partial charge < -0.3 is 9.80 Å². The Morgan fingerprint density at radius 3 is 1.37 bits per heavy atom.